The predicted octanol–water partition coefficient (Wildman–Crippen LogP) is 2.89. The molecule has 1 heterocycles. The Morgan fingerprint density at radius 1 is 1.47 bits per heavy atom. The van der Waals surface area contributed by atoms with E-state index in [4.69, 9.17) is 21.4 Å². The summed E-state index contributed by atoms with van der Waals surface area (Å²) in [5.41, 5.74) is 0.594. The van der Waals surface area contributed by atoms with Crippen LogP contribution in [0.4, 0.5) is 0 Å². The molecule has 19 heavy (non-hydrogen) atoms. The molecule has 0 atom stereocenters. The van der Waals surface area contributed by atoms with Crippen molar-refractivity contribution in [3.05, 3.63) is 41.2 Å². The van der Waals surface area contributed by atoms with Crippen LogP contribution in [0.3, 0.4) is 0 Å². The summed E-state index contributed by atoms with van der Waals surface area (Å²) in [5.74, 6) is -0.0989. The molecule has 6 heteroatoms. The highest BCUT2D eigenvalue weighted by molar-refractivity contribution is 6.32. The van der Waals surface area contributed by atoms with Crippen LogP contribution in [0.1, 0.15) is 17.3 Å². The summed E-state index contributed by atoms with van der Waals surface area (Å²) >= 11 is 5.81. The fourth-order valence-electron chi connectivity index (χ4n) is 1.54. The van der Waals surface area contributed by atoms with Crippen LogP contribution in [0.25, 0.3) is 11.4 Å². The molecule has 2 rings (SSSR count). The lowest BCUT2D eigenvalue weighted by atomic mass is 10.2. The lowest BCUT2D eigenvalue weighted by Gasteiger charge is -2.06. The molecule has 0 aliphatic rings. The summed E-state index contributed by atoms with van der Waals surface area (Å²) in [4.78, 5) is 18.8. The molecule has 0 aliphatic heterocycles. The van der Waals surface area contributed by atoms with Gasteiger partial charge in [0.15, 0.2) is 5.82 Å². The monoisotopic (exact) mass is 278 g/mol. The Labute approximate surface area is 114 Å². The van der Waals surface area contributed by atoms with E-state index in [0.29, 0.717) is 23.7 Å². The minimum Gasteiger partial charge on any atom is -0.494 e. The Hall–Kier alpha value is -2.14. The molecule has 0 radical (unpaired) electrons. The van der Waals surface area contributed by atoms with Gasteiger partial charge in [0.1, 0.15) is 16.5 Å². The summed E-state index contributed by atoms with van der Waals surface area (Å²) in [7, 11) is 0. The minimum atomic E-state index is -1.15. The third-order valence-corrected chi connectivity index (χ3v) is 2.66. The van der Waals surface area contributed by atoms with Crippen LogP contribution in [0, 0.1) is 0 Å². The van der Waals surface area contributed by atoms with Gasteiger partial charge in [-0.05, 0) is 19.1 Å². The van der Waals surface area contributed by atoms with Crippen LogP contribution in [0.2, 0.25) is 5.15 Å². The number of carboxylic acids is 1. The van der Waals surface area contributed by atoms with Gasteiger partial charge in [0.05, 0.1) is 6.61 Å². The SMILES string of the molecule is CCOc1cccc(-c2ncc(C(=O)O)c(Cl)n2)c1. The number of aromatic carboxylic acids is 1. The smallest absolute Gasteiger partial charge is 0.340 e. The van der Waals surface area contributed by atoms with Gasteiger partial charge >= 0.3 is 5.97 Å². The molecule has 2 aromatic rings. The molecule has 0 unspecified atom stereocenters. The molecular weight excluding hydrogens is 268 g/mol. The fraction of sp³-hybridized carbons (Fsp3) is 0.154. The van der Waals surface area contributed by atoms with Crippen LogP contribution < -0.4 is 4.74 Å². The van der Waals surface area contributed by atoms with Gasteiger partial charge in [-0.15, -0.1) is 0 Å². The second-order valence-electron chi connectivity index (χ2n) is 3.66. The van der Waals surface area contributed by atoms with E-state index in [2.05, 4.69) is 9.97 Å². The first-order chi connectivity index (χ1) is 9.11. The van der Waals surface area contributed by atoms with Gasteiger partial charge in [-0.2, -0.15) is 0 Å². The van der Waals surface area contributed by atoms with Crippen molar-refractivity contribution in [2.45, 2.75) is 6.92 Å². The van der Waals surface area contributed by atoms with Crippen molar-refractivity contribution in [3.8, 4) is 17.1 Å². The Balaban J connectivity index is 2.39. The first kappa shape index (κ1) is 13.3. The van der Waals surface area contributed by atoms with E-state index in [1.165, 1.54) is 6.20 Å². The van der Waals surface area contributed by atoms with Crippen molar-refractivity contribution in [3.63, 3.8) is 0 Å². The lowest BCUT2D eigenvalue weighted by Crippen LogP contribution is -2.02. The molecule has 0 amide bonds. The number of carboxylic acid groups (broad SMARTS) is 1. The van der Waals surface area contributed by atoms with Crippen LogP contribution >= 0.6 is 11.6 Å². The zero-order valence-corrected chi connectivity index (χ0v) is 10.9. The largest absolute Gasteiger partial charge is 0.494 e. The molecule has 1 N–H and O–H groups in total. The summed E-state index contributed by atoms with van der Waals surface area (Å²) in [6.07, 6.45) is 1.19. The Morgan fingerprint density at radius 2 is 2.26 bits per heavy atom. The standard InChI is InChI=1S/C13H11ClN2O3/c1-2-19-9-5-3-4-8(6-9)12-15-7-10(13(17)18)11(14)16-12/h3-7H,2H2,1H3,(H,17,18). The summed E-state index contributed by atoms with van der Waals surface area (Å²) in [5, 5.41) is 8.77. The quantitative estimate of drug-likeness (QED) is 0.871. The number of halogens is 1. The highest BCUT2D eigenvalue weighted by atomic mass is 35.5. The molecular formula is C13H11ClN2O3. The lowest BCUT2D eigenvalue weighted by molar-refractivity contribution is 0.0696. The molecule has 98 valence electrons. The third-order valence-electron chi connectivity index (χ3n) is 2.38. The maximum absolute atomic E-state index is 10.8. The van der Waals surface area contributed by atoms with Gasteiger partial charge in [0.25, 0.3) is 0 Å². The van der Waals surface area contributed by atoms with E-state index in [-0.39, 0.29) is 10.7 Å². The Kier molecular flexibility index (Phi) is 3.97. The van der Waals surface area contributed by atoms with E-state index in [0.717, 1.165) is 0 Å². The van der Waals surface area contributed by atoms with E-state index in [1.807, 2.05) is 19.1 Å². The molecule has 0 bridgehead atoms. The van der Waals surface area contributed by atoms with E-state index < -0.39 is 5.97 Å². The predicted molar refractivity (Wildman–Crippen MR) is 70.6 cm³/mol. The zero-order chi connectivity index (χ0) is 13.8. The number of ether oxygens (including phenoxy) is 1. The topological polar surface area (TPSA) is 72.3 Å². The van der Waals surface area contributed by atoms with Crippen molar-refractivity contribution in [1.82, 2.24) is 9.97 Å². The number of hydrogen-bond acceptors (Lipinski definition) is 4. The molecule has 5 nitrogen and oxygen atoms in total. The number of aromatic nitrogens is 2. The highest BCUT2D eigenvalue weighted by Gasteiger charge is 2.12. The molecule has 1 aromatic carbocycles. The molecule has 0 aliphatic carbocycles. The maximum Gasteiger partial charge on any atom is 0.340 e. The van der Waals surface area contributed by atoms with Crippen LogP contribution in [-0.2, 0) is 0 Å². The van der Waals surface area contributed by atoms with Crippen LogP contribution in [0.15, 0.2) is 30.5 Å². The van der Waals surface area contributed by atoms with Crippen molar-refractivity contribution in [1.29, 1.82) is 0 Å². The number of nitrogens with zero attached hydrogens (tertiary/aromatic N) is 2. The van der Waals surface area contributed by atoms with E-state index in [1.54, 1.807) is 12.1 Å². The average molecular weight is 279 g/mol. The van der Waals surface area contributed by atoms with Crippen molar-refractivity contribution in [2.75, 3.05) is 6.61 Å². The minimum absolute atomic E-state index is 0.0840. The normalized spacial score (nSPS) is 10.2. The number of carbonyl (C=O) groups is 1. The maximum atomic E-state index is 10.8. The first-order valence-electron chi connectivity index (χ1n) is 5.61. The van der Waals surface area contributed by atoms with Crippen molar-refractivity contribution < 1.29 is 14.6 Å². The van der Waals surface area contributed by atoms with Gasteiger partial charge in [0, 0.05) is 11.8 Å². The van der Waals surface area contributed by atoms with Crippen LogP contribution in [0.5, 0.6) is 5.75 Å². The molecule has 0 saturated heterocycles. The summed E-state index contributed by atoms with van der Waals surface area (Å²) in [6.45, 7) is 2.45. The number of hydrogen-bond donors (Lipinski definition) is 1. The summed E-state index contributed by atoms with van der Waals surface area (Å²) in [6, 6.07) is 7.20. The third kappa shape index (κ3) is 3.00. The van der Waals surface area contributed by atoms with Crippen LogP contribution in [-0.4, -0.2) is 27.7 Å². The first-order valence-corrected chi connectivity index (χ1v) is 5.98. The second-order valence-corrected chi connectivity index (χ2v) is 4.02. The molecule has 0 fully saturated rings. The molecule has 0 saturated carbocycles. The van der Waals surface area contributed by atoms with E-state index in [9.17, 15) is 4.79 Å². The van der Waals surface area contributed by atoms with Gasteiger partial charge in [-0.3, -0.25) is 0 Å². The molecule has 1 aromatic heterocycles. The van der Waals surface area contributed by atoms with Gasteiger partial charge in [-0.1, -0.05) is 23.7 Å². The zero-order valence-electron chi connectivity index (χ0n) is 10.1. The van der Waals surface area contributed by atoms with E-state index >= 15 is 0 Å². The van der Waals surface area contributed by atoms with Gasteiger partial charge in [0.2, 0.25) is 0 Å². The second kappa shape index (κ2) is 5.67. The van der Waals surface area contributed by atoms with Gasteiger partial charge < -0.3 is 9.84 Å². The molecule has 0 spiro atoms. The Morgan fingerprint density at radius 3 is 2.89 bits per heavy atom. The fourth-order valence-corrected chi connectivity index (χ4v) is 1.74. The summed E-state index contributed by atoms with van der Waals surface area (Å²) < 4.78 is 5.38. The average Bonchev–Trinajstić information content (AvgIpc) is 2.39. The number of rotatable bonds is 4. The van der Waals surface area contributed by atoms with Crippen molar-refractivity contribution in [2.24, 2.45) is 0 Å². The van der Waals surface area contributed by atoms with Crippen molar-refractivity contribution >= 4 is 17.6 Å². The van der Waals surface area contributed by atoms with Gasteiger partial charge in [-0.25, -0.2) is 14.8 Å². The number of benzene rings is 1. The highest BCUT2D eigenvalue weighted by Crippen LogP contribution is 2.23. The Bertz CT molecular complexity index is 617.